The van der Waals surface area contributed by atoms with Gasteiger partial charge in [-0.1, -0.05) is 27.5 Å². The zero-order valence-electron chi connectivity index (χ0n) is 7.09. The highest BCUT2D eigenvalue weighted by atomic mass is 79.9. The molecule has 2 aliphatic rings. The first-order valence-electron chi connectivity index (χ1n) is 4.51. The zero-order valence-corrected chi connectivity index (χ0v) is 9.44. The highest BCUT2D eigenvalue weighted by Gasteiger charge is 2.38. The van der Waals surface area contributed by atoms with Crippen LogP contribution in [-0.4, -0.2) is 22.4 Å². The second-order valence-electron chi connectivity index (χ2n) is 3.66. The van der Waals surface area contributed by atoms with Crippen LogP contribution in [0.5, 0.6) is 0 Å². The lowest BCUT2D eigenvalue weighted by atomic mass is 9.83. The van der Waals surface area contributed by atoms with Crippen molar-refractivity contribution in [3.63, 3.8) is 0 Å². The molecule has 0 aromatic rings. The van der Waals surface area contributed by atoms with Crippen LogP contribution in [-0.2, 0) is 4.79 Å². The largest absolute Gasteiger partial charge is 0.327 e. The third kappa shape index (κ3) is 2.00. The van der Waals surface area contributed by atoms with Crippen molar-refractivity contribution in [2.75, 3.05) is 0 Å². The van der Waals surface area contributed by atoms with Gasteiger partial charge in [-0.25, -0.2) is 0 Å². The third-order valence-electron chi connectivity index (χ3n) is 2.75. The Bertz CT molecular complexity index is 224. The molecular formula is C8H12BrClN2O. The van der Waals surface area contributed by atoms with Crippen molar-refractivity contribution >= 4 is 33.4 Å². The maximum atomic E-state index is 11.5. The summed E-state index contributed by atoms with van der Waals surface area (Å²) in [5.74, 6) is 0.215. The van der Waals surface area contributed by atoms with Crippen LogP contribution in [0.25, 0.3) is 0 Å². The Morgan fingerprint density at radius 2 is 2.23 bits per heavy atom. The van der Waals surface area contributed by atoms with E-state index >= 15 is 0 Å². The number of nitrogens with one attached hydrogen (secondary N) is 2. The van der Waals surface area contributed by atoms with E-state index in [1.165, 1.54) is 0 Å². The van der Waals surface area contributed by atoms with Crippen molar-refractivity contribution in [2.24, 2.45) is 5.92 Å². The molecule has 1 aliphatic carbocycles. The van der Waals surface area contributed by atoms with E-state index in [1.54, 1.807) is 0 Å². The summed E-state index contributed by atoms with van der Waals surface area (Å²) in [5, 5.41) is 5.88. The fourth-order valence-corrected chi connectivity index (χ4v) is 3.02. The normalized spacial score (nSPS) is 45.2. The van der Waals surface area contributed by atoms with Crippen LogP contribution in [0.4, 0.5) is 0 Å². The fourth-order valence-electron chi connectivity index (χ4n) is 2.08. The van der Waals surface area contributed by atoms with Crippen molar-refractivity contribution in [2.45, 2.75) is 35.8 Å². The van der Waals surface area contributed by atoms with E-state index in [1.807, 2.05) is 0 Å². The molecule has 4 atom stereocenters. The summed E-state index contributed by atoms with van der Waals surface area (Å²) < 4.78 is 0. The molecule has 0 radical (unpaired) electrons. The van der Waals surface area contributed by atoms with E-state index in [0.29, 0.717) is 4.83 Å². The molecular weight excluding hydrogens is 255 g/mol. The summed E-state index contributed by atoms with van der Waals surface area (Å²) in [5.41, 5.74) is -0.397. The van der Waals surface area contributed by atoms with Crippen molar-refractivity contribution in [3.8, 4) is 0 Å². The molecule has 4 unspecified atom stereocenters. The Balaban J connectivity index is 2.06. The van der Waals surface area contributed by atoms with Crippen LogP contribution in [0.3, 0.4) is 0 Å². The predicted octanol–water partition coefficient (Wildman–Crippen LogP) is 1.16. The predicted molar refractivity (Wildman–Crippen MR) is 54.8 cm³/mol. The van der Waals surface area contributed by atoms with E-state index in [9.17, 15) is 4.79 Å². The minimum atomic E-state index is -0.397. The SMILES string of the molecule is O=C1NC(Cl)NC2CC(Br)CCC12. The van der Waals surface area contributed by atoms with Crippen molar-refractivity contribution < 1.29 is 4.79 Å². The molecule has 1 amide bonds. The summed E-state index contributed by atoms with van der Waals surface area (Å²) in [6.45, 7) is 0. The molecule has 5 heteroatoms. The molecule has 0 spiro atoms. The Morgan fingerprint density at radius 3 is 3.00 bits per heavy atom. The Hall–Kier alpha value is 0.200. The number of hydrogen-bond acceptors (Lipinski definition) is 2. The van der Waals surface area contributed by atoms with Crippen molar-refractivity contribution in [1.29, 1.82) is 0 Å². The van der Waals surface area contributed by atoms with Crippen LogP contribution in [0.2, 0.25) is 0 Å². The highest BCUT2D eigenvalue weighted by Crippen LogP contribution is 2.31. The number of halogens is 2. The second kappa shape index (κ2) is 3.75. The standard InChI is InChI=1S/C8H12BrClN2O/c9-4-1-2-5-6(3-4)11-8(10)12-7(5)13/h4-6,8,11H,1-3H2,(H,12,13). The molecule has 1 heterocycles. The smallest absolute Gasteiger partial charge is 0.226 e. The molecule has 74 valence electrons. The first kappa shape index (κ1) is 9.74. The fraction of sp³-hybridized carbons (Fsp3) is 0.875. The number of carbonyl (C=O) groups excluding carboxylic acids is 1. The number of alkyl halides is 2. The van der Waals surface area contributed by atoms with E-state index < -0.39 is 5.62 Å². The van der Waals surface area contributed by atoms with Gasteiger partial charge in [0.15, 0.2) is 5.62 Å². The average molecular weight is 268 g/mol. The van der Waals surface area contributed by atoms with E-state index in [4.69, 9.17) is 11.6 Å². The first-order chi connectivity index (χ1) is 6.16. The lowest BCUT2D eigenvalue weighted by molar-refractivity contribution is -0.129. The van der Waals surface area contributed by atoms with Crippen molar-refractivity contribution in [1.82, 2.24) is 10.6 Å². The van der Waals surface area contributed by atoms with Gasteiger partial charge >= 0.3 is 0 Å². The van der Waals surface area contributed by atoms with Gasteiger partial charge in [-0.3, -0.25) is 10.1 Å². The number of rotatable bonds is 0. The molecule has 1 saturated carbocycles. The molecule has 13 heavy (non-hydrogen) atoms. The van der Waals surface area contributed by atoms with Gasteiger partial charge in [-0.05, 0) is 19.3 Å². The van der Waals surface area contributed by atoms with E-state index in [2.05, 4.69) is 26.6 Å². The monoisotopic (exact) mass is 266 g/mol. The van der Waals surface area contributed by atoms with Gasteiger partial charge in [-0.15, -0.1) is 0 Å². The van der Waals surface area contributed by atoms with Crippen LogP contribution >= 0.6 is 27.5 Å². The second-order valence-corrected chi connectivity index (χ2v) is 5.39. The number of carbonyl (C=O) groups is 1. The minimum absolute atomic E-state index is 0.100. The minimum Gasteiger partial charge on any atom is -0.327 e. The average Bonchev–Trinajstić information content (AvgIpc) is 2.02. The number of amides is 1. The first-order valence-corrected chi connectivity index (χ1v) is 5.86. The lowest BCUT2D eigenvalue weighted by Gasteiger charge is -2.39. The van der Waals surface area contributed by atoms with Crippen molar-refractivity contribution in [3.05, 3.63) is 0 Å². The summed E-state index contributed by atoms with van der Waals surface area (Å²) in [6.07, 6.45) is 3.01. The topological polar surface area (TPSA) is 41.1 Å². The third-order valence-corrected chi connectivity index (χ3v) is 3.82. The van der Waals surface area contributed by atoms with Gasteiger partial charge in [0, 0.05) is 10.9 Å². The Kier molecular flexibility index (Phi) is 2.81. The maximum absolute atomic E-state index is 11.5. The molecule has 1 aliphatic heterocycles. The molecule has 0 aromatic heterocycles. The summed E-state index contributed by atoms with van der Waals surface area (Å²) >= 11 is 9.40. The van der Waals surface area contributed by atoms with E-state index in [0.717, 1.165) is 19.3 Å². The quantitative estimate of drug-likeness (QED) is 0.511. The number of hydrogen-bond donors (Lipinski definition) is 2. The molecule has 0 aromatic carbocycles. The summed E-state index contributed by atoms with van der Waals surface area (Å²) in [4.78, 5) is 12.0. The molecule has 0 bridgehead atoms. The van der Waals surface area contributed by atoms with Gasteiger partial charge < -0.3 is 5.32 Å². The maximum Gasteiger partial charge on any atom is 0.226 e. The molecule has 2 rings (SSSR count). The van der Waals surface area contributed by atoms with Crippen LogP contribution in [0, 0.1) is 5.92 Å². The summed E-state index contributed by atoms with van der Waals surface area (Å²) in [6, 6.07) is 0.245. The van der Waals surface area contributed by atoms with Gasteiger partial charge in [-0.2, -0.15) is 0 Å². The van der Waals surface area contributed by atoms with E-state index in [-0.39, 0.29) is 17.9 Å². The Labute approximate surface area is 90.7 Å². The molecule has 3 nitrogen and oxygen atoms in total. The Morgan fingerprint density at radius 1 is 1.46 bits per heavy atom. The lowest BCUT2D eigenvalue weighted by Crippen LogP contribution is -2.60. The van der Waals surface area contributed by atoms with Gasteiger partial charge in [0.2, 0.25) is 5.91 Å². The van der Waals surface area contributed by atoms with Gasteiger partial charge in [0.05, 0.1) is 5.92 Å². The molecule has 2 N–H and O–H groups in total. The van der Waals surface area contributed by atoms with Crippen LogP contribution < -0.4 is 10.6 Å². The van der Waals surface area contributed by atoms with Gasteiger partial charge in [0.1, 0.15) is 0 Å². The molecule has 2 fully saturated rings. The number of fused-ring (bicyclic) bond motifs is 1. The summed E-state index contributed by atoms with van der Waals surface area (Å²) in [7, 11) is 0. The zero-order chi connectivity index (χ0) is 9.42. The van der Waals surface area contributed by atoms with Crippen LogP contribution in [0.1, 0.15) is 19.3 Å². The molecule has 1 saturated heterocycles. The van der Waals surface area contributed by atoms with Crippen LogP contribution in [0.15, 0.2) is 0 Å². The van der Waals surface area contributed by atoms with Gasteiger partial charge in [0.25, 0.3) is 0 Å². The highest BCUT2D eigenvalue weighted by molar-refractivity contribution is 9.09.